The van der Waals surface area contributed by atoms with Crippen LogP contribution in [0.3, 0.4) is 0 Å². The molecular formula is C18H14ClF3N4O4S. The fourth-order valence-corrected chi connectivity index (χ4v) is 3.45. The standard InChI is InChI=1S/C18H14ClF3N4O4S/c1-23-31(28,29)14-4-2-3-12(9-14)25-17(27)30-15-10-24-26(16(15)18(20,21)22)13-7-5-11(19)6-8-13/h2-10,23H,1H3,(H,25,27). The summed E-state index contributed by atoms with van der Waals surface area (Å²) in [6.45, 7) is 0. The summed E-state index contributed by atoms with van der Waals surface area (Å²) in [6.07, 6.45) is -5.41. The average molecular weight is 475 g/mol. The molecule has 0 radical (unpaired) electrons. The molecule has 1 amide bonds. The molecule has 0 saturated carbocycles. The van der Waals surface area contributed by atoms with Crippen LogP contribution in [-0.2, 0) is 16.2 Å². The van der Waals surface area contributed by atoms with Crippen LogP contribution in [0.4, 0.5) is 23.7 Å². The molecule has 0 unspecified atom stereocenters. The van der Waals surface area contributed by atoms with Gasteiger partial charge in [-0.25, -0.2) is 22.6 Å². The third-order valence-corrected chi connectivity index (χ3v) is 5.60. The number of sulfonamides is 1. The summed E-state index contributed by atoms with van der Waals surface area (Å²) in [4.78, 5) is 12.0. The van der Waals surface area contributed by atoms with E-state index in [4.69, 9.17) is 16.3 Å². The minimum atomic E-state index is -4.90. The van der Waals surface area contributed by atoms with Crippen LogP contribution in [0.1, 0.15) is 5.69 Å². The number of carbonyl (C=O) groups is 1. The number of hydrogen-bond donors (Lipinski definition) is 2. The lowest BCUT2D eigenvalue weighted by molar-refractivity contribution is -0.143. The van der Waals surface area contributed by atoms with E-state index in [0.717, 1.165) is 12.3 Å². The lowest BCUT2D eigenvalue weighted by atomic mass is 10.3. The van der Waals surface area contributed by atoms with E-state index in [1.54, 1.807) is 0 Å². The van der Waals surface area contributed by atoms with Crippen molar-refractivity contribution in [3.8, 4) is 11.4 Å². The number of halogens is 4. The Morgan fingerprint density at radius 2 is 1.84 bits per heavy atom. The van der Waals surface area contributed by atoms with Gasteiger partial charge in [-0.3, -0.25) is 5.32 Å². The highest BCUT2D eigenvalue weighted by Gasteiger charge is 2.40. The van der Waals surface area contributed by atoms with Crippen molar-refractivity contribution in [3.05, 3.63) is 65.4 Å². The minimum absolute atomic E-state index is 0.0000215. The van der Waals surface area contributed by atoms with Gasteiger partial charge in [0.05, 0.1) is 16.8 Å². The average Bonchev–Trinajstić information content (AvgIpc) is 3.12. The number of benzene rings is 2. The van der Waals surface area contributed by atoms with Crippen LogP contribution in [0.15, 0.2) is 59.6 Å². The fraction of sp³-hybridized carbons (Fsp3) is 0.111. The van der Waals surface area contributed by atoms with Crippen molar-refractivity contribution in [2.24, 2.45) is 0 Å². The van der Waals surface area contributed by atoms with Gasteiger partial charge in [0.2, 0.25) is 10.0 Å². The summed E-state index contributed by atoms with van der Waals surface area (Å²) in [6, 6.07) is 10.5. The highest BCUT2D eigenvalue weighted by atomic mass is 35.5. The molecule has 1 aromatic heterocycles. The molecule has 0 aliphatic rings. The topological polar surface area (TPSA) is 102 Å². The molecule has 164 valence electrons. The van der Waals surface area contributed by atoms with Crippen LogP contribution in [0, 0.1) is 0 Å². The highest BCUT2D eigenvalue weighted by Crippen LogP contribution is 2.37. The summed E-state index contributed by atoms with van der Waals surface area (Å²) in [5.41, 5.74) is -1.26. The molecule has 13 heteroatoms. The van der Waals surface area contributed by atoms with Crippen LogP contribution in [0.5, 0.6) is 5.75 Å². The molecule has 0 bridgehead atoms. The normalized spacial score (nSPS) is 11.9. The highest BCUT2D eigenvalue weighted by molar-refractivity contribution is 7.89. The fourth-order valence-electron chi connectivity index (χ4n) is 2.55. The van der Waals surface area contributed by atoms with E-state index in [9.17, 15) is 26.4 Å². The molecule has 0 aliphatic heterocycles. The van der Waals surface area contributed by atoms with Crippen molar-refractivity contribution in [3.63, 3.8) is 0 Å². The van der Waals surface area contributed by atoms with Gasteiger partial charge in [0.25, 0.3) is 0 Å². The summed E-state index contributed by atoms with van der Waals surface area (Å²) in [5, 5.41) is 6.17. The number of ether oxygens (including phenoxy) is 1. The number of rotatable bonds is 5. The number of nitrogens with zero attached hydrogens (tertiary/aromatic N) is 2. The first-order valence-corrected chi connectivity index (χ1v) is 10.3. The maximum absolute atomic E-state index is 13.6. The third kappa shape index (κ3) is 5.16. The predicted molar refractivity (Wildman–Crippen MR) is 106 cm³/mol. The zero-order valence-electron chi connectivity index (χ0n) is 15.6. The Kier molecular flexibility index (Phi) is 6.25. The number of alkyl halides is 3. The number of nitrogens with one attached hydrogen (secondary N) is 2. The smallest absolute Gasteiger partial charge is 0.406 e. The maximum Gasteiger partial charge on any atom is 0.437 e. The van der Waals surface area contributed by atoms with Crippen molar-refractivity contribution in [2.45, 2.75) is 11.1 Å². The Labute approximate surface area is 179 Å². The van der Waals surface area contributed by atoms with Gasteiger partial charge in [-0.05, 0) is 49.5 Å². The first-order chi connectivity index (χ1) is 14.5. The SMILES string of the molecule is CNS(=O)(=O)c1cccc(NC(=O)Oc2cnn(-c3ccc(Cl)cc3)c2C(F)(F)F)c1. The van der Waals surface area contributed by atoms with Crippen LogP contribution in [0.25, 0.3) is 5.69 Å². The molecule has 0 saturated heterocycles. The van der Waals surface area contributed by atoms with E-state index in [1.807, 2.05) is 0 Å². The molecule has 0 aliphatic carbocycles. The van der Waals surface area contributed by atoms with Crippen molar-refractivity contribution in [1.82, 2.24) is 14.5 Å². The van der Waals surface area contributed by atoms with Gasteiger partial charge in [-0.2, -0.15) is 18.3 Å². The summed E-state index contributed by atoms with van der Waals surface area (Å²) in [7, 11) is -2.58. The quantitative estimate of drug-likeness (QED) is 0.580. The zero-order valence-corrected chi connectivity index (χ0v) is 17.2. The van der Waals surface area contributed by atoms with E-state index in [1.165, 1.54) is 49.5 Å². The first-order valence-electron chi connectivity index (χ1n) is 8.45. The number of amides is 1. The maximum atomic E-state index is 13.6. The molecule has 0 spiro atoms. The van der Waals surface area contributed by atoms with Gasteiger partial charge >= 0.3 is 12.3 Å². The molecular weight excluding hydrogens is 461 g/mol. The van der Waals surface area contributed by atoms with E-state index in [2.05, 4.69) is 15.1 Å². The first kappa shape index (κ1) is 22.6. The summed E-state index contributed by atoms with van der Waals surface area (Å²) in [5.74, 6) is -0.834. The van der Waals surface area contributed by atoms with E-state index >= 15 is 0 Å². The molecule has 31 heavy (non-hydrogen) atoms. The van der Waals surface area contributed by atoms with Crippen LogP contribution in [0.2, 0.25) is 5.02 Å². The molecule has 2 N–H and O–H groups in total. The number of anilines is 1. The number of hydrogen-bond acceptors (Lipinski definition) is 5. The Balaban J connectivity index is 1.87. The summed E-state index contributed by atoms with van der Waals surface area (Å²) < 4.78 is 72.1. The van der Waals surface area contributed by atoms with E-state index in [-0.39, 0.29) is 16.3 Å². The van der Waals surface area contributed by atoms with Crippen molar-refractivity contribution < 1.29 is 31.1 Å². The largest absolute Gasteiger partial charge is 0.437 e. The lowest BCUT2D eigenvalue weighted by Crippen LogP contribution is -2.21. The Bertz CT molecular complexity index is 1210. The lowest BCUT2D eigenvalue weighted by Gasteiger charge is -2.13. The molecule has 8 nitrogen and oxygen atoms in total. The molecule has 1 heterocycles. The monoisotopic (exact) mass is 474 g/mol. The zero-order chi connectivity index (χ0) is 22.8. The van der Waals surface area contributed by atoms with Crippen molar-refractivity contribution >= 4 is 33.4 Å². The van der Waals surface area contributed by atoms with Crippen LogP contribution < -0.4 is 14.8 Å². The number of carbonyl (C=O) groups excluding carboxylic acids is 1. The van der Waals surface area contributed by atoms with Crippen molar-refractivity contribution in [2.75, 3.05) is 12.4 Å². The van der Waals surface area contributed by atoms with Gasteiger partial charge < -0.3 is 4.74 Å². The van der Waals surface area contributed by atoms with E-state index in [0.29, 0.717) is 9.70 Å². The van der Waals surface area contributed by atoms with Crippen molar-refractivity contribution in [1.29, 1.82) is 0 Å². The van der Waals surface area contributed by atoms with E-state index < -0.39 is 33.7 Å². The molecule has 3 aromatic rings. The second-order valence-corrected chi connectivity index (χ2v) is 8.32. The Morgan fingerprint density at radius 1 is 1.16 bits per heavy atom. The Hall–Kier alpha value is -3.09. The minimum Gasteiger partial charge on any atom is -0.406 e. The summed E-state index contributed by atoms with van der Waals surface area (Å²) >= 11 is 5.76. The van der Waals surface area contributed by atoms with Gasteiger partial charge in [0.15, 0.2) is 11.4 Å². The Morgan fingerprint density at radius 3 is 2.45 bits per heavy atom. The van der Waals surface area contributed by atoms with Crippen LogP contribution in [-0.4, -0.2) is 31.3 Å². The molecule has 3 rings (SSSR count). The van der Waals surface area contributed by atoms with Gasteiger partial charge in [-0.1, -0.05) is 17.7 Å². The molecule has 0 atom stereocenters. The third-order valence-electron chi connectivity index (χ3n) is 3.94. The van der Waals surface area contributed by atoms with Gasteiger partial charge in [-0.15, -0.1) is 0 Å². The number of aromatic nitrogens is 2. The van der Waals surface area contributed by atoms with Crippen LogP contribution >= 0.6 is 11.6 Å². The van der Waals surface area contributed by atoms with Gasteiger partial charge in [0.1, 0.15) is 0 Å². The molecule has 0 fully saturated rings. The van der Waals surface area contributed by atoms with Gasteiger partial charge in [0, 0.05) is 10.7 Å². The second-order valence-electron chi connectivity index (χ2n) is 5.99. The second kappa shape index (κ2) is 8.57. The predicted octanol–water partition coefficient (Wildman–Crippen LogP) is 4.06. The molecule has 2 aromatic carbocycles.